The third-order valence-electron chi connectivity index (χ3n) is 4.45. The van der Waals surface area contributed by atoms with Crippen LogP contribution in [-0.4, -0.2) is 31.3 Å². The fourth-order valence-corrected chi connectivity index (χ4v) is 3.65. The number of halogens is 1. The molecule has 0 bridgehead atoms. The van der Waals surface area contributed by atoms with Crippen molar-refractivity contribution in [2.24, 2.45) is 0 Å². The maximum Gasteiger partial charge on any atom is 0.256 e. The highest BCUT2D eigenvalue weighted by atomic mass is 32.1. The van der Waals surface area contributed by atoms with Crippen LogP contribution >= 0.6 is 11.3 Å². The van der Waals surface area contributed by atoms with Gasteiger partial charge >= 0.3 is 0 Å². The molecule has 1 aromatic heterocycles. The lowest BCUT2D eigenvalue weighted by Gasteiger charge is -2.28. The molecule has 6 heteroatoms. The summed E-state index contributed by atoms with van der Waals surface area (Å²) in [6.45, 7) is 3.38. The number of benzene rings is 1. The Hall–Kier alpha value is -1.76. The lowest BCUT2D eigenvalue weighted by molar-refractivity contribution is -0.133. The van der Waals surface area contributed by atoms with Gasteiger partial charge in [0.2, 0.25) is 0 Å². The van der Waals surface area contributed by atoms with E-state index in [-0.39, 0.29) is 17.8 Å². The Balaban J connectivity index is 1.67. The van der Waals surface area contributed by atoms with Crippen molar-refractivity contribution in [1.29, 1.82) is 0 Å². The lowest BCUT2D eigenvalue weighted by atomic mass is 10.1. The van der Waals surface area contributed by atoms with Gasteiger partial charge in [0.25, 0.3) is 5.91 Å². The van der Waals surface area contributed by atoms with Gasteiger partial charge in [0.15, 0.2) is 0 Å². The number of ether oxygens (including phenoxy) is 2. The van der Waals surface area contributed by atoms with Crippen LogP contribution in [0.25, 0.3) is 0 Å². The molecule has 2 aromatic rings. The molecule has 2 unspecified atom stereocenters. The summed E-state index contributed by atoms with van der Waals surface area (Å²) in [4.78, 5) is 15.7. The third-order valence-corrected chi connectivity index (χ3v) is 5.31. The maximum atomic E-state index is 13.3. The molecule has 1 aliphatic rings. The van der Waals surface area contributed by atoms with Gasteiger partial charge in [-0.15, -0.1) is 11.3 Å². The molecule has 0 N–H and O–H groups in total. The van der Waals surface area contributed by atoms with Crippen LogP contribution in [0, 0.1) is 5.82 Å². The smallest absolute Gasteiger partial charge is 0.256 e. The van der Waals surface area contributed by atoms with E-state index >= 15 is 0 Å². The second-order valence-electron chi connectivity index (χ2n) is 6.44. The monoisotopic (exact) mass is 377 g/mol. The van der Waals surface area contributed by atoms with Crippen LogP contribution in [0.15, 0.2) is 41.8 Å². The number of hydrogen-bond donors (Lipinski definition) is 0. The summed E-state index contributed by atoms with van der Waals surface area (Å²) in [5.74, 6) is -0.461. The number of amides is 1. The van der Waals surface area contributed by atoms with Crippen molar-refractivity contribution in [1.82, 2.24) is 0 Å². The first-order valence-electron chi connectivity index (χ1n) is 8.96. The van der Waals surface area contributed by atoms with Crippen LogP contribution in [0.2, 0.25) is 0 Å². The van der Waals surface area contributed by atoms with Crippen molar-refractivity contribution < 1.29 is 18.7 Å². The van der Waals surface area contributed by atoms with Crippen molar-refractivity contribution in [3.8, 4) is 0 Å². The predicted molar refractivity (Wildman–Crippen MR) is 101 cm³/mol. The quantitative estimate of drug-likeness (QED) is 0.718. The van der Waals surface area contributed by atoms with Gasteiger partial charge < -0.3 is 14.4 Å². The summed E-state index contributed by atoms with van der Waals surface area (Å²) < 4.78 is 24.7. The van der Waals surface area contributed by atoms with Crippen LogP contribution in [0.5, 0.6) is 0 Å². The number of carbonyl (C=O) groups is 1. The average Bonchev–Trinajstić information content (AvgIpc) is 3.18. The predicted octanol–water partition coefficient (Wildman–Crippen LogP) is 4.39. The highest BCUT2D eigenvalue weighted by molar-refractivity contribution is 7.09. The van der Waals surface area contributed by atoms with Gasteiger partial charge in [-0.2, -0.15) is 0 Å². The Bertz CT molecular complexity index is 684. The summed E-state index contributed by atoms with van der Waals surface area (Å²) >= 11 is 1.59. The largest absolute Gasteiger partial charge is 0.376 e. The fourth-order valence-electron chi connectivity index (χ4n) is 2.96. The zero-order valence-corrected chi connectivity index (χ0v) is 15.7. The Kier molecular flexibility index (Phi) is 6.77. The Morgan fingerprint density at radius 3 is 2.81 bits per heavy atom. The van der Waals surface area contributed by atoms with E-state index in [4.69, 9.17) is 9.47 Å². The number of anilines is 1. The van der Waals surface area contributed by atoms with Crippen LogP contribution < -0.4 is 4.90 Å². The summed E-state index contributed by atoms with van der Waals surface area (Å²) in [5, 5.41) is 1.98. The molecule has 1 amide bonds. The lowest BCUT2D eigenvalue weighted by Crippen LogP contribution is -2.40. The molecule has 4 nitrogen and oxygen atoms in total. The molecule has 1 aliphatic heterocycles. The van der Waals surface area contributed by atoms with Gasteiger partial charge in [0, 0.05) is 17.2 Å². The molecule has 0 radical (unpaired) electrons. The first-order chi connectivity index (χ1) is 12.6. The number of carbonyl (C=O) groups excluding carboxylic acids is 1. The zero-order valence-electron chi connectivity index (χ0n) is 14.9. The molecule has 2 heterocycles. The Labute approximate surface area is 157 Å². The van der Waals surface area contributed by atoms with Gasteiger partial charge in [0.1, 0.15) is 11.9 Å². The normalized spacial score (nSPS) is 18.5. The van der Waals surface area contributed by atoms with Crippen LogP contribution in [0.3, 0.4) is 0 Å². The van der Waals surface area contributed by atoms with E-state index < -0.39 is 6.10 Å². The van der Waals surface area contributed by atoms with E-state index in [2.05, 4.69) is 0 Å². The number of hydrogen-bond acceptors (Lipinski definition) is 4. The van der Waals surface area contributed by atoms with Crippen molar-refractivity contribution >= 4 is 22.9 Å². The minimum absolute atomic E-state index is 0.0653. The standard InChI is InChI=1S/C20H24FNO3S/c1-15(25-14-18-5-2-3-11-24-18)20(23)22(13-19-6-4-12-26-19)17-9-7-16(21)8-10-17/h4,6-10,12,15,18H,2-3,5,11,13-14H2,1H3. The van der Waals surface area contributed by atoms with Gasteiger partial charge in [0.05, 0.1) is 19.3 Å². The van der Waals surface area contributed by atoms with Gasteiger partial charge in [-0.1, -0.05) is 6.07 Å². The van der Waals surface area contributed by atoms with E-state index in [1.807, 2.05) is 17.5 Å². The molecule has 0 aliphatic carbocycles. The van der Waals surface area contributed by atoms with E-state index in [9.17, 15) is 9.18 Å². The summed E-state index contributed by atoms with van der Waals surface area (Å²) in [7, 11) is 0. The highest BCUT2D eigenvalue weighted by Gasteiger charge is 2.25. The van der Waals surface area contributed by atoms with Crippen LogP contribution in [-0.2, 0) is 20.8 Å². The Morgan fingerprint density at radius 2 is 2.15 bits per heavy atom. The summed E-state index contributed by atoms with van der Waals surface area (Å²) in [6.07, 6.45) is 2.67. The number of thiophene rings is 1. The molecule has 1 saturated heterocycles. The van der Waals surface area contributed by atoms with Gasteiger partial charge in [-0.05, 0) is 61.9 Å². The molecule has 26 heavy (non-hydrogen) atoms. The fraction of sp³-hybridized carbons (Fsp3) is 0.450. The second-order valence-corrected chi connectivity index (χ2v) is 7.48. The molecular formula is C20H24FNO3S. The first-order valence-corrected chi connectivity index (χ1v) is 9.84. The number of nitrogens with zero attached hydrogens (tertiary/aromatic N) is 1. The first kappa shape index (κ1) is 19.0. The van der Waals surface area contributed by atoms with Crippen molar-refractivity contribution in [2.45, 2.75) is 44.9 Å². The molecule has 140 valence electrons. The third kappa shape index (κ3) is 5.13. The maximum absolute atomic E-state index is 13.3. The van der Waals surface area contributed by atoms with Gasteiger partial charge in [-0.3, -0.25) is 4.79 Å². The minimum Gasteiger partial charge on any atom is -0.376 e. The molecule has 1 fully saturated rings. The summed E-state index contributed by atoms with van der Waals surface area (Å²) in [5.41, 5.74) is 0.661. The average molecular weight is 377 g/mol. The van der Waals surface area contributed by atoms with Crippen LogP contribution in [0.1, 0.15) is 31.1 Å². The molecule has 0 spiro atoms. The van der Waals surface area contributed by atoms with E-state index in [1.54, 1.807) is 35.3 Å². The minimum atomic E-state index is -0.592. The molecule has 2 atom stereocenters. The molecule has 3 rings (SSSR count). The SMILES string of the molecule is CC(OCC1CCCCO1)C(=O)N(Cc1cccs1)c1ccc(F)cc1. The van der Waals surface area contributed by atoms with E-state index in [1.165, 1.54) is 12.1 Å². The second kappa shape index (κ2) is 9.26. The highest BCUT2D eigenvalue weighted by Crippen LogP contribution is 2.22. The van der Waals surface area contributed by atoms with Gasteiger partial charge in [-0.25, -0.2) is 4.39 Å². The van der Waals surface area contributed by atoms with Crippen molar-refractivity contribution in [3.05, 3.63) is 52.5 Å². The molecule has 0 saturated carbocycles. The molecular weight excluding hydrogens is 353 g/mol. The topological polar surface area (TPSA) is 38.8 Å². The van der Waals surface area contributed by atoms with Crippen molar-refractivity contribution in [3.63, 3.8) is 0 Å². The zero-order chi connectivity index (χ0) is 18.4. The molecule has 1 aromatic carbocycles. The van der Waals surface area contributed by atoms with E-state index in [0.717, 1.165) is 30.7 Å². The number of rotatable bonds is 7. The Morgan fingerprint density at radius 1 is 1.35 bits per heavy atom. The van der Waals surface area contributed by atoms with E-state index in [0.29, 0.717) is 18.8 Å². The van der Waals surface area contributed by atoms with Crippen molar-refractivity contribution in [2.75, 3.05) is 18.1 Å². The van der Waals surface area contributed by atoms with Crippen LogP contribution in [0.4, 0.5) is 10.1 Å². The summed E-state index contributed by atoms with van der Waals surface area (Å²) in [6, 6.07) is 9.91.